The normalized spacial score (nSPS) is 22.1. The third-order valence-corrected chi connectivity index (χ3v) is 9.78. The van der Waals surface area contributed by atoms with Gasteiger partial charge in [0.25, 0.3) is 10.0 Å². The standard InChI is InChI=1S/C29H33ClN2O2S/c30-24-15-17-27(18-16-24)35(33,34)32(25-11-5-2-6-12-25)26-19-21-31(22-20-26)29-14-8-7-13-28(29)23-9-3-1-4-10-23/h1-6,9-12,15-18,26,28-29H,7-8,13-14,19-22H2/t28-,29-/m1/s1. The van der Waals surface area contributed by atoms with E-state index in [0.29, 0.717) is 17.0 Å². The van der Waals surface area contributed by atoms with Crippen molar-refractivity contribution in [2.75, 3.05) is 17.4 Å². The van der Waals surface area contributed by atoms with Gasteiger partial charge in [0.1, 0.15) is 0 Å². The fourth-order valence-corrected chi connectivity index (χ4v) is 7.77. The maximum atomic E-state index is 13.8. The molecule has 5 rings (SSSR count). The van der Waals surface area contributed by atoms with Crippen LogP contribution in [0.2, 0.25) is 5.02 Å². The van der Waals surface area contributed by atoms with Crippen molar-refractivity contribution < 1.29 is 8.42 Å². The summed E-state index contributed by atoms with van der Waals surface area (Å²) in [6, 6.07) is 27.4. The molecule has 4 nitrogen and oxygen atoms in total. The SMILES string of the molecule is O=S(=O)(c1ccc(Cl)cc1)N(c1ccccc1)C1CCN([C@@H]2CCCC[C@@H]2c2ccccc2)CC1. The van der Waals surface area contributed by atoms with E-state index in [4.69, 9.17) is 11.6 Å². The molecule has 1 aliphatic carbocycles. The van der Waals surface area contributed by atoms with E-state index in [1.54, 1.807) is 28.6 Å². The number of rotatable bonds is 6. The van der Waals surface area contributed by atoms with Crippen molar-refractivity contribution in [3.63, 3.8) is 0 Å². The molecule has 1 saturated carbocycles. The molecule has 0 spiro atoms. The van der Waals surface area contributed by atoms with E-state index in [0.717, 1.165) is 31.6 Å². The van der Waals surface area contributed by atoms with Gasteiger partial charge < -0.3 is 0 Å². The summed E-state index contributed by atoms with van der Waals surface area (Å²) in [5.74, 6) is 0.560. The maximum absolute atomic E-state index is 13.8. The van der Waals surface area contributed by atoms with Crippen LogP contribution in [0.5, 0.6) is 0 Å². The number of sulfonamides is 1. The van der Waals surface area contributed by atoms with Gasteiger partial charge in [-0.05, 0) is 73.6 Å². The van der Waals surface area contributed by atoms with Crippen molar-refractivity contribution >= 4 is 27.3 Å². The highest BCUT2D eigenvalue weighted by atomic mass is 35.5. The Morgan fingerprint density at radius 1 is 0.743 bits per heavy atom. The molecule has 2 aliphatic rings. The first-order valence-electron chi connectivity index (χ1n) is 12.7. The number of anilines is 1. The predicted octanol–water partition coefficient (Wildman–Crippen LogP) is 6.73. The highest BCUT2D eigenvalue weighted by Crippen LogP contribution is 2.38. The molecule has 0 bridgehead atoms. The summed E-state index contributed by atoms with van der Waals surface area (Å²) in [7, 11) is -3.71. The van der Waals surface area contributed by atoms with Crippen LogP contribution in [0, 0.1) is 0 Å². The summed E-state index contributed by atoms with van der Waals surface area (Å²) in [4.78, 5) is 2.91. The number of hydrogen-bond donors (Lipinski definition) is 0. The molecule has 184 valence electrons. The third-order valence-electron chi connectivity index (χ3n) is 7.64. The van der Waals surface area contributed by atoms with Gasteiger partial charge in [-0.2, -0.15) is 0 Å². The van der Waals surface area contributed by atoms with Crippen LogP contribution in [0.15, 0.2) is 89.8 Å². The first-order chi connectivity index (χ1) is 17.0. The minimum absolute atomic E-state index is 0.0758. The number of likely N-dealkylation sites (tertiary alicyclic amines) is 1. The second kappa shape index (κ2) is 10.7. The Labute approximate surface area is 214 Å². The number of para-hydroxylation sites is 1. The van der Waals surface area contributed by atoms with Gasteiger partial charge in [0, 0.05) is 30.2 Å². The topological polar surface area (TPSA) is 40.6 Å². The lowest BCUT2D eigenvalue weighted by atomic mass is 9.78. The average molecular weight is 509 g/mol. The van der Waals surface area contributed by atoms with Gasteiger partial charge in [-0.15, -0.1) is 0 Å². The molecule has 2 atom stereocenters. The lowest BCUT2D eigenvalue weighted by Crippen LogP contribution is -2.51. The zero-order chi connectivity index (χ0) is 24.3. The second-order valence-corrected chi connectivity index (χ2v) is 12.0. The van der Waals surface area contributed by atoms with E-state index in [-0.39, 0.29) is 10.9 Å². The molecule has 35 heavy (non-hydrogen) atoms. The van der Waals surface area contributed by atoms with Crippen LogP contribution < -0.4 is 4.31 Å². The van der Waals surface area contributed by atoms with Gasteiger partial charge in [-0.25, -0.2) is 8.42 Å². The fourth-order valence-electron chi connectivity index (χ4n) is 5.93. The van der Waals surface area contributed by atoms with Gasteiger partial charge in [-0.1, -0.05) is 73.0 Å². The highest BCUT2D eigenvalue weighted by Gasteiger charge is 2.38. The van der Waals surface area contributed by atoms with Crippen molar-refractivity contribution in [3.05, 3.63) is 95.5 Å². The summed E-state index contributed by atoms with van der Waals surface area (Å²) in [6.45, 7) is 1.83. The van der Waals surface area contributed by atoms with E-state index in [9.17, 15) is 8.42 Å². The Balaban J connectivity index is 1.37. The molecule has 3 aromatic carbocycles. The van der Waals surface area contributed by atoms with Crippen molar-refractivity contribution in [1.82, 2.24) is 4.90 Å². The molecule has 0 radical (unpaired) electrons. The van der Waals surface area contributed by atoms with E-state index >= 15 is 0 Å². The number of benzene rings is 3. The van der Waals surface area contributed by atoms with Crippen LogP contribution in [-0.4, -0.2) is 38.5 Å². The quantitative estimate of drug-likeness (QED) is 0.371. The zero-order valence-electron chi connectivity index (χ0n) is 20.0. The highest BCUT2D eigenvalue weighted by molar-refractivity contribution is 7.92. The Bertz CT molecular complexity index is 1190. The molecule has 0 amide bonds. The molecule has 0 aromatic heterocycles. The van der Waals surface area contributed by atoms with Crippen LogP contribution in [0.1, 0.15) is 50.0 Å². The second-order valence-electron chi connectivity index (χ2n) is 9.73. The van der Waals surface area contributed by atoms with Crippen LogP contribution in [0.3, 0.4) is 0 Å². The van der Waals surface area contributed by atoms with Gasteiger partial charge in [0.2, 0.25) is 0 Å². The zero-order valence-corrected chi connectivity index (χ0v) is 21.5. The summed E-state index contributed by atoms with van der Waals surface area (Å²) >= 11 is 6.04. The van der Waals surface area contributed by atoms with Crippen molar-refractivity contribution in [2.45, 2.75) is 61.4 Å². The maximum Gasteiger partial charge on any atom is 0.264 e. The summed E-state index contributed by atoms with van der Waals surface area (Å²) in [5, 5.41) is 0.531. The van der Waals surface area contributed by atoms with E-state index < -0.39 is 10.0 Å². The first kappa shape index (κ1) is 24.4. The van der Waals surface area contributed by atoms with Crippen molar-refractivity contribution in [3.8, 4) is 0 Å². The Morgan fingerprint density at radius 2 is 1.34 bits per heavy atom. The fraction of sp³-hybridized carbons (Fsp3) is 0.379. The lowest BCUT2D eigenvalue weighted by Gasteiger charge is -2.45. The van der Waals surface area contributed by atoms with Crippen LogP contribution in [0.4, 0.5) is 5.69 Å². The molecule has 1 saturated heterocycles. The van der Waals surface area contributed by atoms with Gasteiger partial charge in [-0.3, -0.25) is 9.21 Å². The Hall–Kier alpha value is -2.34. The number of hydrogen-bond acceptors (Lipinski definition) is 3. The first-order valence-corrected chi connectivity index (χ1v) is 14.5. The molecular weight excluding hydrogens is 476 g/mol. The Kier molecular flexibility index (Phi) is 7.47. The van der Waals surface area contributed by atoms with Gasteiger partial charge in [0.15, 0.2) is 0 Å². The molecule has 6 heteroatoms. The summed E-state index contributed by atoms with van der Waals surface area (Å²) in [5.41, 5.74) is 2.16. The third kappa shape index (κ3) is 5.28. The summed E-state index contributed by atoms with van der Waals surface area (Å²) in [6.07, 6.45) is 6.65. The van der Waals surface area contributed by atoms with E-state index in [2.05, 4.69) is 35.2 Å². The van der Waals surface area contributed by atoms with Gasteiger partial charge >= 0.3 is 0 Å². The molecule has 3 aromatic rings. The predicted molar refractivity (Wildman–Crippen MR) is 144 cm³/mol. The average Bonchev–Trinajstić information content (AvgIpc) is 2.90. The van der Waals surface area contributed by atoms with Crippen LogP contribution in [-0.2, 0) is 10.0 Å². The summed E-state index contributed by atoms with van der Waals surface area (Å²) < 4.78 is 29.3. The van der Waals surface area contributed by atoms with Crippen LogP contribution >= 0.6 is 11.6 Å². The molecule has 0 unspecified atom stereocenters. The molecule has 2 fully saturated rings. The molecule has 1 aliphatic heterocycles. The van der Waals surface area contributed by atoms with Crippen molar-refractivity contribution in [2.24, 2.45) is 0 Å². The largest absolute Gasteiger partial charge is 0.300 e. The Morgan fingerprint density at radius 3 is 2.00 bits per heavy atom. The lowest BCUT2D eigenvalue weighted by molar-refractivity contribution is 0.107. The number of piperidine rings is 1. The van der Waals surface area contributed by atoms with Gasteiger partial charge in [0.05, 0.1) is 10.6 Å². The number of nitrogens with zero attached hydrogens (tertiary/aromatic N) is 2. The number of halogens is 1. The monoisotopic (exact) mass is 508 g/mol. The van der Waals surface area contributed by atoms with E-state index in [1.807, 2.05) is 30.3 Å². The van der Waals surface area contributed by atoms with Crippen molar-refractivity contribution in [1.29, 1.82) is 0 Å². The smallest absolute Gasteiger partial charge is 0.264 e. The van der Waals surface area contributed by atoms with E-state index in [1.165, 1.54) is 31.2 Å². The minimum Gasteiger partial charge on any atom is -0.300 e. The van der Waals surface area contributed by atoms with Crippen LogP contribution in [0.25, 0.3) is 0 Å². The molecule has 0 N–H and O–H groups in total. The minimum atomic E-state index is -3.71. The molecular formula is C29H33ClN2O2S. The molecule has 1 heterocycles.